The van der Waals surface area contributed by atoms with Gasteiger partial charge >= 0.3 is 5.97 Å². The number of carbonyl (C=O) groups excluding carboxylic acids is 3. The van der Waals surface area contributed by atoms with Crippen LogP contribution in [-0.4, -0.2) is 50.0 Å². The van der Waals surface area contributed by atoms with E-state index in [-0.39, 0.29) is 18.0 Å². The standard InChI is InChI=1S/C20H21BrN2O5/c1-13-4-6-14(7-5-13)22-18(24)11-23(2)19(25)12-28-20(26)16-10-15(27-3)8-9-17(16)21/h4-10H,11-12H2,1-3H3,(H,22,24). The second-order valence-corrected chi connectivity index (χ2v) is 6.94. The molecule has 0 saturated heterocycles. The fraction of sp³-hybridized carbons (Fsp3) is 0.250. The Kier molecular flexibility index (Phi) is 7.57. The van der Waals surface area contributed by atoms with Crippen molar-refractivity contribution in [2.75, 3.05) is 32.6 Å². The first-order chi connectivity index (χ1) is 13.3. The quantitative estimate of drug-likeness (QED) is 0.657. The lowest BCUT2D eigenvalue weighted by molar-refractivity contribution is -0.136. The van der Waals surface area contributed by atoms with Crippen molar-refractivity contribution in [1.82, 2.24) is 4.90 Å². The van der Waals surface area contributed by atoms with Crippen LogP contribution in [0.5, 0.6) is 5.75 Å². The summed E-state index contributed by atoms with van der Waals surface area (Å²) in [6, 6.07) is 12.2. The number of ether oxygens (including phenoxy) is 2. The Bertz CT molecular complexity index is 867. The van der Waals surface area contributed by atoms with Crippen LogP contribution < -0.4 is 10.1 Å². The van der Waals surface area contributed by atoms with E-state index in [1.807, 2.05) is 19.1 Å². The molecule has 0 aliphatic carbocycles. The minimum absolute atomic E-state index is 0.160. The molecule has 2 rings (SSSR count). The van der Waals surface area contributed by atoms with E-state index in [4.69, 9.17) is 9.47 Å². The largest absolute Gasteiger partial charge is 0.497 e. The number of methoxy groups -OCH3 is 1. The van der Waals surface area contributed by atoms with Gasteiger partial charge in [0.15, 0.2) is 6.61 Å². The minimum atomic E-state index is -0.670. The van der Waals surface area contributed by atoms with Gasteiger partial charge in [0.25, 0.3) is 5.91 Å². The maximum absolute atomic E-state index is 12.2. The Morgan fingerprint density at radius 3 is 2.43 bits per heavy atom. The van der Waals surface area contributed by atoms with Crippen LogP contribution >= 0.6 is 15.9 Å². The summed E-state index contributed by atoms with van der Waals surface area (Å²) in [5, 5.41) is 2.71. The van der Waals surface area contributed by atoms with Crippen LogP contribution in [-0.2, 0) is 14.3 Å². The van der Waals surface area contributed by atoms with Gasteiger partial charge in [-0.15, -0.1) is 0 Å². The molecule has 0 aromatic heterocycles. The van der Waals surface area contributed by atoms with Gasteiger partial charge in [-0.3, -0.25) is 9.59 Å². The summed E-state index contributed by atoms with van der Waals surface area (Å²) in [6.45, 7) is 1.31. The summed E-state index contributed by atoms with van der Waals surface area (Å²) < 4.78 is 10.7. The predicted octanol–water partition coefficient (Wildman–Crippen LogP) is 3.02. The highest BCUT2D eigenvalue weighted by molar-refractivity contribution is 9.10. The van der Waals surface area contributed by atoms with Gasteiger partial charge in [-0.2, -0.15) is 0 Å². The second kappa shape index (κ2) is 9.89. The molecule has 0 unspecified atom stereocenters. The smallest absolute Gasteiger partial charge is 0.339 e. The third-order valence-electron chi connectivity index (χ3n) is 3.86. The highest BCUT2D eigenvalue weighted by atomic mass is 79.9. The maximum Gasteiger partial charge on any atom is 0.339 e. The summed E-state index contributed by atoms with van der Waals surface area (Å²) >= 11 is 3.26. The van der Waals surface area contributed by atoms with E-state index in [2.05, 4.69) is 21.2 Å². The Morgan fingerprint density at radius 1 is 1.11 bits per heavy atom. The van der Waals surface area contributed by atoms with Crippen molar-refractivity contribution in [2.24, 2.45) is 0 Å². The first kappa shape index (κ1) is 21.4. The maximum atomic E-state index is 12.2. The van der Waals surface area contributed by atoms with Crippen molar-refractivity contribution in [2.45, 2.75) is 6.92 Å². The monoisotopic (exact) mass is 448 g/mol. The fourth-order valence-corrected chi connectivity index (χ4v) is 2.65. The average molecular weight is 449 g/mol. The molecule has 2 amide bonds. The Balaban J connectivity index is 1.85. The van der Waals surface area contributed by atoms with Crippen molar-refractivity contribution in [1.29, 1.82) is 0 Å². The molecule has 2 aromatic carbocycles. The van der Waals surface area contributed by atoms with Crippen molar-refractivity contribution in [3.8, 4) is 5.75 Å². The molecule has 0 bridgehead atoms. The van der Waals surface area contributed by atoms with Crippen LogP contribution in [0.25, 0.3) is 0 Å². The minimum Gasteiger partial charge on any atom is -0.497 e. The van der Waals surface area contributed by atoms with E-state index in [0.29, 0.717) is 15.9 Å². The third-order valence-corrected chi connectivity index (χ3v) is 4.55. The van der Waals surface area contributed by atoms with E-state index in [0.717, 1.165) is 5.56 Å². The number of aryl methyl sites for hydroxylation is 1. The van der Waals surface area contributed by atoms with E-state index in [9.17, 15) is 14.4 Å². The van der Waals surface area contributed by atoms with Gasteiger partial charge in [0.05, 0.1) is 19.2 Å². The number of nitrogens with one attached hydrogen (secondary N) is 1. The molecule has 28 heavy (non-hydrogen) atoms. The van der Waals surface area contributed by atoms with Gasteiger partial charge in [0, 0.05) is 17.2 Å². The average Bonchev–Trinajstić information content (AvgIpc) is 2.67. The SMILES string of the molecule is COc1ccc(Br)c(C(=O)OCC(=O)N(C)CC(=O)Nc2ccc(C)cc2)c1. The van der Waals surface area contributed by atoms with Crippen LogP contribution in [0, 0.1) is 6.92 Å². The van der Waals surface area contributed by atoms with E-state index in [1.54, 1.807) is 24.3 Å². The van der Waals surface area contributed by atoms with Crippen molar-refractivity contribution < 1.29 is 23.9 Å². The highest BCUT2D eigenvalue weighted by Gasteiger charge is 2.18. The number of hydrogen-bond donors (Lipinski definition) is 1. The molecule has 0 aliphatic rings. The molecule has 1 N–H and O–H groups in total. The highest BCUT2D eigenvalue weighted by Crippen LogP contribution is 2.23. The van der Waals surface area contributed by atoms with Gasteiger partial charge in [0.2, 0.25) is 5.91 Å². The predicted molar refractivity (Wildman–Crippen MR) is 108 cm³/mol. The number of carbonyl (C=O) groups is 3. The Morgan fingerprint density at radius 2 is 1.79 bits per heavy atom. The molecule has 7 nitrogen and oxygen atoms in total. The van der Waals surface area contributed by atoms with Crippen LogP contribution in [0.15, 0.2) is 46.9 Å². The van der Waals surface area contributed by atoms with Gasteiger partial charge in [-0.1, -0.05) is 17.7 Å². The molecule has 0 heterocycles. The number of rotatable bonds is 7. The van der Waals surface area contributed by atoms with Gasteiger partial charge in [0.1, 0.15) is 5.75 Å². The molecule has 0 saturated carbocycles. The van der Waals surface area contributed by atoms with E-state index >= 15 is 0 Å². The van der Waals surface area contributed by atoms with Crippen molar-refractivity contribution in [3.05, 3.63) is 58.1 Å². The lowest BCUT2D eigenvalue weighted by atomic mass is 10.2. The van der Waals surface area contributed by atoms with Crippen molar-refractivity contribution in [3.63, 3.8) is 0 Å². The second-order valence-electron chi connectivity index (χ2n) is 6.09. The number of halogens is 1. The Hall–Kier alpha value is -2.87. The molecule has 148 valence electrons. The number of likely N-dealkylation sites (N-methyl/N-ethyl adjacent to an activating group) is 1. The zero-order valence-corrected chi connectivity index (χ0v) is 17.4. The number of amides is 2. The number of esters is 1. The molecular weight excluding hydrogens is 428 g/mol. The first-order valence-electron chi connectivity index (χ1n) is 8.41. The number of hydrogen-bond acceptors (Lipinski definition) is 5. The lowest BCUT2D eigenvalue weighted by Gasteiger charge is -2.17. The summed E-state index contributed by atoms with van der Waals surface area (Å²) in [4.78, 5) is 37.6. The normalized spacial score (nSPS) is 10.1. The van der Waals surface area contributed by atoms with Crippen molar-refractivity contribution >= 4 is 39.4 Å². The first-order valence-corrected chi connectivity index (χ1v) is 9.20. The van der Waals surface area contributed by atoms with Crippen LogP contribution in [0.4, 0.5) is 5.69 Å². The number of anilines is 1. The molecule has 0 fully saturated rings. The van der Waals surface area contributed by atoms with Crippen LogP contribution in [0.1, 0.15) is 15.9 Å². The third kappa shape index (κ3) is 6.09. The zero-order valence-electron chi connectivity index (χ0n) is 15.8. The molecule has 0 radical (unpaired) electrons. The lowest BCUT2D eigenvalue weighted by Crippen LogP contribution is -2.37. The van der Waals surface area contributed by atoms with E-state index in [1.165, 1.54) is 25.1 Å². The molecule has 0 aliphatic heterocycles. The number of benzene rings is 2. The van der Waals surface area contributed by atoms with Gasteiger partial charge in [-0.25, -0.2) is 4.79 Å². The summed E-state index contributed by atoms with van der Waals surface area (Å²) in [7, 11) is 2.95. The van der Waals surface area contributed by atoms with E-state index < -0.39 is 18.5 Å². The Labute approximate surface area is 171 Å². The van der Waals surface area contributed by atoms with Crippen LogP contribution in [0.2, 0.25) is 0 Å². The molecule has 0 spiro atoms. The number of nitrogens with zero attached hydrogens (tertiary/aromatic N) is 1. The fourth-order valence-electron chi connectivity index (χ4n) is 2.24. The van der Waals surface area contributed by atoms with Gasteiger partial charge in [-0.05, 0) is 53.2 Å². The molecular formula is C20H21BrN2O5. The topological polar surface area (TPSA) is 84.9 Å². The molecule has 0 atom stereocenters. The summed E-state index contributed by atoms with van der Waals surface area (Å²) in [5.74, 6) is -1.02. The van der Waals surface area contributed by atoms with Crippen LogP contribution in [0.3, 0.4) is 0 Å². The molecule has 8 heteroatoms. The summed E-state index contributed by atoms with van der Waals surface area (Å²) in [6.07, 6.45) is 0. The van der Waals surface area contributed by atoms with Gasteiger partial charge < -0.3 is 19.7 Å². The summed E-state index contributed by atoms with van der Waals surface area (Å²) in [5.41, 5.74) is 1.97. The zero-order chi connectivity index (χ0) is 20.7. The molecule has 2 aromatic rings.